The molecule has 1 atom stereocenters. The summed E-state index contributed by atoms with van der Waals surface area (Å²) in [5.74, 6) is 0.569. The third-order valence-electron chi connectivity index (χ3n) is 8.53. The zero-order chi connectivity index (χ0) is 32.1. The van der Waals surface area contributed by atoms with Crippen LogP contribution in [0.4, 0.5) is 15.3 Å². The van der Waals surface area contributed by atoms with Gasteiger partial charge in [-0.05, 0) is 87.9 Å². The molecule has 240 valence electrons. The SMILES string of the molecule is CC(C)(C)OC(=O)N1CCC(CCN2C=CNC2c2cn(-c3ccc(NC(=O)NCc4cccnc4)cc3)c3ccccc23)CC1. The molecule has 6 rings (SSSR count). The lowest BCUT2D eigenvalue weighted by molar-refractivity contribution is 0.0178. The molecule has 2 aliphatic heterocycles. The van der Waals surface area contributed by atoms with Crippen LogP contribution < -0.4 is 16.0 Å². The Morgan fingerprint density at radius 1 is 1.02 bits per heavy atom. The fourth-order valence-electron chi connectivity index (χ4n) is 6.15. The van der Waals surface area contributed by atoms with E-state index in [1.165, 1.54) is 10.9 Å². The van der Waals surface area contributed by atoms with Crippen molar-refractivity contribution in [2.45, 2.75) is 58.3 Å². The van der Waals surface area contributed by atoms with Crippen LogP contribution in [-0.2, 0) is 11.3 Å². The van der Waals surface area contributed by atoms with E-state index in [0.29, 0.717) is 18.2 Å². The van der Waals surface area contributed by atoms with Crippen LogP contribution >= 0.6 is 0 Å². The van der Waals surface area contributed by atoms with Gasteiger partial charge in [0.25, 0.3) is 0 Å². The maximum atomic E-state index is 12.5. The van der Waals surface area contributed by atoms with Crippen LogP contribution in [0.25, 0.3) is 16.6 Å². The number of piperidine rings is 1. The molecule has 10 nitrogen and oxygen atoms in total. The van der Waals surface area contributed by atoms with E-state index in [-0.39, 0.29) is 18.3 Å². The van der Waals surface area contributed by atoms with Crippen LogP contribution in [0.15, 0.2) is 91.7 Å². The second-order valence-electron chi connectivity index (χ2n) is 13.0. The van der Waals surface area contributed by atoms with Crippen molar-refractivity contribution in [3.63, 3.8) is 0 Å². The first-order valence-electron chi connectivity index (χ1n) is 16.0. The van der Waals surface area contributed by atoms with Crippen molar-refractivity contribution in [2.75, 3.05) is 25.0 Å². The number of benzene rings is 2. The van der Waals surface area contributed by atoms with Gasteiger partial charge in [-0.25, -0.2) is 9.59 Å². The number of ether oxygens (including phenoxy) is 1. The number of urea groups is 1. The number of carbonyl (C=O) groups excluding carboxylic acids is 2. The third-order valence-corrected chi connectivity index (χ3v) is 8.53. The van der Waals surface area contributed by atoms with Crippen LogP contribution in [0.5, 0.6) is 0 Å². The van der Waals surface area contributed by atoms with Gasteiger partial charge in [-0.15, -0.1) is 0 Å². The van der Waals surface area contributed by atoms with Crippen LogP contribution in [0.1, 0.15) is 57.3 Å². The van der Waals surface area contributed by atoms with Crippen molar-refractivity contribution < 1.29 is 14.3 Å². The van der Waals surface area contributed by atoms with Gasteiger partial charge >= 0.3 is 12.1 Å². The number of likely N-dealkylation sites (tertiary alicyclic amines) is 1. The zero-order valence-electron chi connectivity index (χ0n) is 26.8. The number of rotatable bonds is 8. The molecule has 0 aliphatic carbocycles. The Morgan fingerprint density at radius 3 is 2.54 bits per heavy atom. The first-order chi connectivity index (χ1) is 22.2. The minimum atomic E-state index is -0.471. The average molecular weight is 622 g/mol. The van der Waals surface area contributed by atoms with E-state index in [0.717, 1.165) is 55.7 Å². The van der Waals surface area contributed by atoms with E-state index in [4.69, 9.17) is 4.74 Å². The lowest BCUT2D eigenvalue weighted by Crippen LogP contribution is -2.42. The van der Waals surface area contributed by atoms with Crippen LogP contribution in [0, 0.1) is 5.92 Å². The molecule has 4 heterocycles. The summed E-state index contributed by atoms with van der Waals surface area (Å²) in [6.45, 7) is 8.55. The van der Waals surface area contributed by atoms with Crippen molar-refractivity contribution in [1.82, 2.24) is 30.0 Å². The minimum absolute atomic E-state index is 0.0254. The summed E-state index contributed by atoms with van der Waals surface area (Å²) in [5.41, 5.74) is 4.52. The molecule has 0 spiro atoms. The fourth-order valence-corrected chi connectivity index (χ4v) is 6.15. The van der Waals surface area contributed by atoms with E-state index < -0.39 is 5.60 Å². The second-order valence-corrected chi connectivity index (χ2v) is 13.0. The van der Waals surface area contributed by atoms with Crippen molar-refractivity contribution in [3.8, 4) is 5.69 Å². The molecule has 2 aromatic heterocycles. The third kappa shape index (κ3) is 7.44. The van der Waals surface area contributed by atoms with Gasteiger partial charge in [0.2, 0.25) is 0 Å². The first-order valence-corrected chi connectivity index (χ1v) is 16.0. The topological polar surface area (TPSA) is 104 Å². The number of hydrogen-bond donors (Lipinski definition) is 3. The van der Waals surface area contributed by atoms with E-state index in [2.05, 4.69) is 67.1 Å². The number of fused-ring (bicyclic) bond motifs is 1. The molecule has 1 saturated heterocycles. The molecule has 0 radical (unpaired) electrons. The summed E-state index contributed by atoms with van der Waals surface area (Å²) >= 11 is 0. The fraction of sp³-hybridized carbons (Fsp3) is 0.361. The smallest absolute Gasteiger partial charge is 0.410 e. The van der Waals surface area contributed by atoms with Gasteiger partial charge in [0.05, 0.1) is 5.52 Å². The summed E-state index contributed by atoms with van der Waals surface area (Å²) in [4.78, 5) is 33.2. The maximum absolute atomic E-state index is 12.5. The maximum Gasteiger partial charge on any atom is 0.410 e. The predicted octanol–water partition coefficient (Wildman–Crippen LogP) is 6.76. The van der Waals surface area contributed by atoms with Crippen LogP contribution in [-0.4, -0.2) is 56.7 Å². The number of pyridine rings is 1. The minimum Gasteiger partial charge on any atom is -0.444 e. The molecule has 1 unspecified atom stereocenters. The van der Waals surface area contributed by atoms with Gasteiger partial charge in [-0.3, -0.25) is 4.98 Å². The monoisotopic (exact) mass is 621 g/mol. The Morgan fingerprint density at radius 2 is 1.80 bits per heavy atom. The number of nitrogens with zero attached hydrogens (tertiary/aromatic N) is 4. The van der Waals surface area contributed by atoms with E-state index in [1.54, 1.807) is 12.4 Å². The molecule has 3 N–H and O–H groups in total. The zero-order valence-corrected chi connectivity index (χ0v) is 26.8. The number of aromatic nitrogens is 2. The summed E-state index contributed by atoms with van der Waals surface area (Å²) in [5, 5.41) is 10.5. The number of amides is 3. The number of carbonyl (C=O) groups is 2. The molecule has 46 heavy (non-hydrogen) atoms. The molecule has 2 aromatic carbocycles. The Bertz CT molecular complexity index is 1670. The second kappa shape index (κ2) is 13.6. The number of hydrogen-bond acceptors (Lipinski definition) is 6. The lowest BCUT2D eigenvalue weighted by atomic mass is 9.93. The summed E-state index contributed by atoms with van der Waals surface area (Å²) < 4.78 is 7.78. The molecule has 0 bridgehead atoms. The molecule has 1 fully saturated rings. The largest absolute Gasteiger partial charge is 0.444 e. The highest BCUT2D eigenvalue weighted by atomic mass is 16.6. The van der Waals surface area contributed by atoms with Gasteiger partial charge in [-0.2, -0.15) is 0 Å². The highest BCUT2D eigenvalue weighted by Crippen LogP contribution is 2.34. The van der Waals surface area contributed by atoms with Crippen molar-refractivity contribution in [2.24, 2.45) is 5.92 Å². The molecule has 10 heteroatoms. The molecule has 2 aliphatic rings. The van der Waals surface area contributed by atoms with Crippen molar-refractivity contribution >= 4 is 28.7 Å². The number of para-hydroxylation sites is 1. The standard InChI is InChI=1S/C36H43N7O3/c1-36(2,3)46-35(45)42-20-15-26(16-21-42)14-19-41-22-18-38-33(41)31-25-43(32-9-5-4-8-30(31)32)29-12-10-28(11-13-29)40-34(44)39-24-27-7-6-17-37-23-27/h4-13,17-18,22-23,25-26,33,38H,14-16,19-21,24H2,1-3H3,(H2,39,40,44). The van der Waals surface area contributed by atoms with Crippen molar-refractivity contribution in [1.29, 1.82) is 0 Å². The van der Waals surface area contributed by atoms with Gasteiger partial charge in [0.1, 0.15) is 11.8 Å². The van der Waals surface area contributed by atoms with Gasteiger partial charge < -0.3 is 35.1 Å². The molecule has 3 amide bonds. The lowest BCUT2D eigenvalue weighted by Gasteiger charge is -2.34. The average Bonchev–Trinajstić information content (AvgIpc) is 3.68. The van der Waals surface area contributed by atoms with E-state index in [9.17, 15) is 9.59 Å². The number of nitrogens with one attached hydrogen (secondary N) is 3. The Balaban J connectivity index is 1.08. The Kier molecular flexibility index (Phi) is 9.14. The highest BCUT2D eigenvalue weighted by molar-refractivity contribution is 5.89. The molecular weight excluding hydrogens is 578 g/mol. The first kappa shape index (κ1) is 31.0. The quantitative estimate of drug-likeness (QED) is 0.201. The molecule has 0 saturated carbocycles. The summed E-state index contributed by atoms with van der Waals surface area (Å²) in [6, 6.07) is 19.9. The summed E-state index contributed by atoms with van der Waals surface area (Å²) in [7, 11) is 0. The van der Waals surface area contributed by atoms with Gasteiger partial charge in [0.15, 0.2) is 0 Å². The Hall–Kier alpha value is -4.99. The summed E-state index contributed by atoms with van der Waals surface area (Å²) in [6.07, 6.45) is 12.7. The van der Waals surface area contributed by atoms with Crippen LogP contribution in [0.3, 0.4) is 0 Å². The predicted molar refractivity (Wildman–Crippen MR) is 180 cm³/mol. The van der Waals surface area contributed by atoms with E-state index >= 15 is 0 Å². The van der Waals surface area contributed by atoms with Gasteiger partial charge in [0, 0.05) is 79.5 Å². The number of anilines is 1. The van der Waals surface area contributed by atoms with Crippen molar-refractivity contribution in [3.05, 3.63) is 103 Å². The molecular formula is C36H43N7O3. The normalized spacial score (nSPS) is 16.8. The van der Waals surface area contributed by atoms with Gasteiger partial charge in [-0.1, -0.05) is 24.3 Å². The Labute approximate surface area is 270 Å². The van der Waals surface area contributed by atoms with Crippen LogP contribution in [0.2, 0.25) is 0 Å². The van der Waals surface area contributed by atoms with E-state index in [1.807, 2.05) is 68.3 Å². The molecule has 4 aromatic rings. The highest BCUT2D eigenvalue weighted by Gasteiger charge is 2.29.